The van der Waals surface area contributed by atoms with Crippen LogP contribution in [0.25, 0.3) is 0 Å². The van der Waals surface area contributed by atoms with Crippen LogP contribution in [0.3, 0.4) is 0 Å². The summed E-state index contributed by atoms with van der Waals surface area (Å²) in [6.45, 7) is 7.73. The van der Waals surface area contributed by atoms with Gasteiger partial charge in [0, 0.05) is 31.4 Å². The third-order valence-electron chi connectivity index (χ3n) is 3.53. The topological polar surface area (TPSA) is 67.6 Å². The Morgan fingerprint density at radius 3 is 2.57 bits per heavy atom. The molecule has 0 saturated heterocycles. The van der Waals surface area contributed by atoms with E-state index in [9.17, 15) is 4.79 Å². The lowest BCUT2D eigenvalue weighted by atomic mass is 10.0. The third-order valence-corrected chi connectivity index (χ3v) is 3.53. The van der Waals surface area contributed by atoms with Gasteiger partial charge in [-0.15, -0.1) is 0 Å². The van der Waals surface area contributed by atoms with Crippen molar-refractivity contribution in [3.05, 3.63) is 18.2 Å². The number of nitrogens with two attached hydrogens (primary N) is 1. The van der Waals surface area contributed by atoms with Crippen LogP contribution in [0.5, 0.6) is 5.75 Å². The van der Waals surface area contributed by atoms with Crippen molar-refractivity contribution in [2.24, 2.45) is 0 Å². The third kappa shape index (κ3) is 4.85. The number of benzene rings is 1. The highest BCUT2D eigenvalue weighted by Crippen LogP contribution is 2.27. The van der Waals surface area contributed by atoms with Gasteiger partial charge in [0.15, 0.2) is 6.10 Å². The number of carbonyl (C=O) groups is 1. The molecule has 1 aromatic rings. The summed E-state index contributed by atoms with van der Waals surface area (Å²) in [7, 11) is 3.88. The number of nitrogen functional groups attached to an aromatic ring is 1. The molecule has 0 heterocycles. The first-order valence-corrected chi connectivity index (χ1v) is 7.22. The lowest BCUT2D eigenvalue weighted by Gasteiger charge is -2.27. The highest BCUT2D eigenvalue weighted by molar-refractivity contribution is 5.81. The zero-order valence-electron chi connectivity index (χ0n) is 13.9. The van der Waals surface area contributed by atoms with Crippen LogP contribution in [0.1, 0.15) is 34.1 Å². The summed E-state index contributed by atoms with van der Waals surface area (Å²) in [6.07, 6.45) is 0.250. The molecule has 0 fully saturated rings. The molecule has 0 spiro atoms. The molecule has 1 rings (SSSR count). The number of rotatable bonds is 6. The summed E-state index contributed by atoms with van der Waals surface area (Å²) >= 11 is 0. The number of ether oxygens (including phenoxy) is 1. The Bertz CT molecular complexity index is 498. The van der Waals surface area contributed by atoms with E-state index in [1.807, 2.05) is 51.9 Å². The fourth-order valence-corrected chi connectivity index (χ4v) is 1.67. The molecule has 0 aliphatic rings. The largest absolute Gasteiger partial charge is 0.479 e. The van der Waals surface area contributed by atoms with Gasteiger partial charge in [0.25, 0.3) is 5.91 Å². The van der Waals surface area contributed by atoms with Crippen LogP contribution >= 0.6 is 0 Å². The van der Waals surface area contributed by atoms with E-state index in [4.69, 9.17) is 10.5 Å². The van der Waals surface area contributed by atoms with E-state index in [0.29, 0.717) is 11.4 Å². The average Bonchev–Trinajstić information content (AvgIpc) is 2.40. The maximum atomic E-state index is 12.2. The van der Waals surface area contributed by atoms with Gasteiger partial charge in [-0.1, -0.05) is 6.92 Å². The van der Waals surface area contributed by atoms with Gasteiger partial charge >= 0.3 is 0 Å². The fourth-order valence-electron chi connectivity index (χ4n) is 1.67. The van der Waals surface area contributed by atoms with Crippen LogP contribution < -0.4 is 20.7 Å². The Balaban J connectivity index is 2.81. The molecular weight excluding hydrogens is 266 g/mol. The van der Waals surface area contributed by atoms with Gasteiger partial charge in [-0.2, -0.15) is 0 Å². The second-order valence-corrected chi connectivity index (χ2v) is 6.10. The highest BCUT2D eigenvalue weighted by Gasteiger charge is 2.23. The van der Waals surface area contributed by atoms with Gasteiger partial charge in [-0.05, 0) is 39.3 Å². The lowest BCUT2D eigenvalue weighted by Crippen LogP contribution is -2.48. The van der Waals surface area contributed by atoms with Crippen molar-refractivity contribution in [1.82, 2.24) is 5.32 Å². The molecule has 1 atom stereocenters. The fraction of sp³-hybridized carbons (Fsp3) is 0.562. The first-order chi connectivity index (χ1) is 9.66. The van der Waals surface area contributed by atoms with E-state index < -0.39 is 6.10 Å². The first kappa shape index (κ1) is 17.1. The smallest absolute Gasteiger partial charge is 0.261 e. The Hall–Kier alpha value is -1.91. The maximum absolute atomic E-state index is 12.2. The summed E-state index contributed by atoms with van der Waals surface area (Å²) in [5, 5.41) is 2.97. The van der Waals surface area contributed by atoms with Crippen molar-refractivity contribution in [2.45, 2.75) is 45.8 Å². The molecule has 0 aromatic heterocycles. The van der Waals surface area contributed by atoms with Crippen molar-refractivity contribution < 1.29 is 9.53 Å². The van der Waals surface area contributed by atoms with E-state index >= 15 is 0 Å². The van der Waals surface area contributed by atoms with Gasteiger partial charge < -0.3 is 20.7 Å². The minimum absolute atomic E-state index is 0.142. The van der Waals surface area contributed by atoms with E-state index in [0.717, 1.165) is 12.1 Å². The molecule has 0 aliphatic carbocycles. The molecule has 1 amide bonds. The summed E-state index contributed by atoms with van der Waals surface area (Å²) in [5.74, 6) is 0.384. The zero-order chi connectivity index (χ0) is 16.2. The van der Waals surface area contributed by atoms with Gasteiger partial charge in [0.1, 0.15) is 5.75 Å². The van der Waals surface area contributed by atoms with E-state index in [1.165, 1.54) is 0 Å². The number of hydrogen-bond acceptors (Lipinski definition) is 4. The second-order valence-electron chi connectivity index (χ2n) is 6.10. The molecule has 0 saturated carbocycles. The van der Waals surface area contributed by atoms with Crippen molar-refractivity contribution >= 4 is 17.3 Å². The molecule has 3 N–H and O–H groups in total. The second kappa shape index (κ2) is 6.70. The quantitative estimate of drug-likeness (QED) is 0.790. The zero-order valence-corrected chi connectivity index (χ0v) is 13.9. The van der Waals surface area contributed by atoms with Gasteiger partial charge in [0.05, 0.1) is 5.69 Å². The minimum Gasteiger partial charge on any atom is -0.479 e. The predicted molar refractivity (Wildman–Crippen MR) is 87.8 cm³/mol. The summed E-state index contributed by atoms with van der Waals surface area (Å²) in [5.41, 5.74) is 7.17. The summed E-state index contributed by atoms with van der Waals surface area (Å²) < 4.78 is 5.72. The SMILES string of the molecule is CCC(C)(C)NC(=O)C(C)Oc1cc(N(C)C)ccc1N. The summed E-state index contributed by atoms with van der Waals surface area (Å²) in [6, 6.07) is 5.53. The average molecular weight is 293 g/mol. The van der Waals surface area contributed by atoms with E-state index in [1.54, 1.807) is 13.0 Å². The lowest BCUT2D eigenvalue weighted by molar-refractivity contribution is -0.128. The number of nitrogens with one attached hydrogen (secondary N) is 1. The van der Waals surface area contributed by atoms with Crippen molar-refractivity contribution in [3.63, 3.8) is 0 Å². The monoisotopic (exact) mass is 293 g/mol. The Labute approximate surface area is 127 Å². The molecule has 0 radical (unpaired) electrons. The standard InChI is InChI=1S/C16H27N3O2/c1-7-16(3,4)18-15(20)11(2)21-14-10-12(19(5)6)8-9-13(14)17/h8-11H,7,17H2,1-6H3,(H,18,20). The molecule has 21 heavy (non-hydrogen) atoms. The minimum atomic E-state index is -0.601. The molecule has 1 aromatic carbocycles. The molecule has 0 bridgehead atoms. The number of carbonyl (C=O) groups excluding carboxylic acids is 1. The molecule has 0 aliphatic heterocycles. The Morgan fingerprint density at radius 2 is 2.05 bits per heavy atom. The van der Waals surface area contributed by atoms with Crippen molar-refractivity contribution in [1.29, 1.82) is 0 Å². The van der Waals surface area contributed by atoms with E-state index in [2.05, 4.69) is 5.32 Å². The molecule has 1 unspecified atom stereocenters. The maximum Gasteiger partial charge on any atom is 0.261 e. The number of anilines is 2. The molecule has 118 valence electrons. The van der Waals surface area contributed by atoms with Crippen LogP contribution in [0.2, 0.25) is 0 Å². The Kier molecular flexibility index (Phi) is 5.47. The van der Waals surface area contributed by atoms with Gasteiger partial charge in [-0.3, -0.25) is 4.79 Å². The number of amides is 1. The van der Waals surface area contributed by atoms with Crippen molar-refractivity contribution in [2.75, 3.05) is 24.7 Å². The highest BCUT2D eigenvalue weighted by atomic mass is 16.5. The van der Waals surface area contributed by atoms with Gasteiger partial charge in [-0.25, -0.2) is 0 Å². The Morgan fingerprint density at radius 1 is 1.43 bits per heavy atom. The van der Waals surface area contributed by atoms with Crippen LogP contribution in [-0.4, -0.2) is 31.6 Å². The molecule has 5 heteroatoms. The van der Waals surface area contributed by atoms with Crippen LogP contribution in [0.15, 0.2) is 18.2 Å². The van der Waals surface area contributed by atoms with Crippen LogP contribution in [0.4, 0.5) is 11.4 Å². The normalized spacial score (nSPS) is 12.7. The predicted octanol–water partition coefficient (Wildman–Crippen LogP) is 2.41. The van der Waals surface area contributed by atoms with Crippen LogP contribution in [0, 0.1) is 0 Å². The van der Waals surface area contributed by atoms with E-state index in [-0.39, 0.29) is 11.4 Å². The van der Waals surface area contributed by atoms with Gasteiger partial charge in [0.2, 0.25) is 0 Å². The summed E-state index contributed by atoms with van der Waals surface area (Å²) in [4.78, 5) is 14.1. The first-order valence-electron chi connectivity index (χ1n) is 7.22. The number of hydrogen-bond donors (Lipinski definition) is 2. The molecular formula is C16H27N3O2. The van der Waals surface area contributed by atoms with Crippen molar-refractivity contribution in [3.8, 4) is 5.75 Å². The number of nitrogens with zero attached hydrogens (tertiary/aromatic N) is 1. The molecule has 5 nitrogen and oxygen atoms in total. The van der Waals surface area contributed by atoms with Crippen LogP contribution in [-0.2, 0) is 4.79 Å².